The molecule has 1 amide bonds. The van der Waals surface area contributed by atoms with Gasteiger partial charge in [-0.2, -0.15) is 4.31 Å². The molecule has 10 heteroatoms. The van der Waals surface area contributed by atoms with Crippen molar-refractivity contribution in [3.63, 3.8) is 0 Å². The Kier molecular flexibility index (Phi) is 7.46. The van der Waals surface area contributed by atoms with Crippen molar-refractivity contribution in [1.82, 2.24) is 4.31 Å². The van der Waals surface area contributed by atoms with E-state index in [1.165, 1.54) is 18.2 Å². The number of nitrogens with zero attached hydrogens (tertiary/aromatic N) is 1. The van der Waals surface area contributed by atoms with Crippen molar-refractivity contribution in [2.45, 2.75) is 24.7 Å². The summed E-state index contributed by atoms with van der Waals surface area (Å²) in [4.78, 5) is 12.6. The molecule has 7 nitrogen and oxygen atoms in total. The molecule has 1 heterocycles. The van der Waals surface area contributed by atoms with Crippen molar-refractivity contribution >= 4 is 44.8 Å². The van der Waals surface area contributed by atoms with E-state index in [-0.39, 0.29) is 18.0 Å². The van der Waals surface area contributed by atoms with Gasteiger partial charge >= 0.3 is 0 Å². The number of hydrogen-bond acceptors (Lipinski definition) is 5. The molecule has 1 aliphatic heterocycles. The normalized spacial score (nSPS) is 13.7. The second-order valence-corrected chi connectivity index (χ2v) is 9.45. The number of halogens is 2. The summed E-state index contributed by atoms with van der Waals surface area (Å²) in [6.07, 6.45) is 1.25. The summed E-state index contributed by atoms with van der Waals surface area (Å²) >= 11 is 12.0. The Morgan fingerprint density at radius 3 is 2.57 bits per heavy atom. The third kappa shape index (κ3) is 5.37. The van der Waals surface area contributed by atoms with Crippen LogP contribution in [0.2, 0.25) is 10.0 Å². The first-order valence-electron chi connectivity index (χ1n) is 9.46. The molecule has 0 bridgehead atoms. The van der Waals surface area contributed by atoms with E-state index in [1.807, 2.05) is 6.92 Å². The third-order valence-corrected chi connectivity index (χ3v) is 6.76. The topological polar surface area (TPSA) is 84.9 Å². The van der Waals surface area contributed by atoms with Crippen molar-refractivity contribution in [2.24, 2.45) is 0 Å². The molecule has 30 heavy (non-hydrogen) atoms. The molecule has 0 saturated carbocycles. The number of rotatable bonds is 7. The average Bonchev–Trinajstić information content (AvgIpc) is 2.95. The molecular formula is C20H22Cl2N2O5S. The SMILES string of the molecule is CCCN(CC(=O)Nc1cc(Cl)ccc1Cl)S(=O)(=O)c1ccc2c(c1)OCCCO2. The van der Waals surface area contributed by atoms with Crippen LogP contribution < -0.4 is 14.8 Å². The van der Waals surface area contributed by atoms with E-state index in [0.29, 0.717) is 53.3 Å². The van der Waals surface area contributed by atoms with Gasteiger partial charge in [0.25, 0.3) is 0 Å². The quantitative estimate of drug-likeness (QED) is 0.652. The minimum absolute atomic E-state index is 0.0359. The maximum atomic E-state index is 13.2. The van der Waals surface area contributed by atoms with Crippen LogP contribution in [0.25, 0.3) is 0 Å². The van der Waals surface area contributed by atoms with Gasteiger partial charge in [0, 0.05) is 24.1 Å². The lowest BCUT2D eigenvalue weighted by molar-refractivity contribution is -0.116. The molecule has 2 aromatic carbocycles. The Morgan fingerprint density at radius 2 is 1.83 bits per heavy atom. The van der Waals surface area contributed by atoms with Crippen LogP contribution in [0.15, 0.2) is 41.3 Å². The van der Waals surface area contributed by atoms with Crippen LogP contribution >= 0.6 is 23.2 Å². The van der Waals surface area contributed by atoms with Crippen molar-refractivity contribution < 1.29 is 22.7 Å². The zero-order valence-electron chi connectivity index (χ0n) is 16.4. The lowest BCUT2D eigenvalue weighted by Gasteiger charge is -2.22. The van der Waals surface area contributed by atoms with E-state index in [1.54, 1.807) is 18.2 Å². The standard InChI is InChI=1S/C20H22Cl2N2O5S/c1-2-8-24(13-20(25)23-17-11-14(21)4-6-16(17)22)30(26,27)15-5-7-18-19(12-15)29-10-3-9-28-18/h4-7,11-12H,2-3,8-10,13H2,1H3,(H,23,25). The highest BCUT2D eigenvalue weighted by Gasteiger charge is 2.28. The zero-order valence-corrected chi connectivity index (χ0v) is 18.7. The number of nitrogens with one attached hydrogen (secondary N) is 1. The Hall–Kier alpha value is -2.00. The fourth-order valence-corrected chi connectivity index (χ4v) is 4.77. The van der Waals surface area contributed by atoms with Gasteiger partial charge in [-0.1, -0.05) is 30.1 Å². The van der Waals surface area contributed by atoms with Crippen molar-refractivity contribution in [1.29, 1.82) is 0 Å². The first-order valence-corrected chi connectivity index (χ1v) is 11.7. The Morgan fingerprint density at radius 1 is 1.10 bits per heavy atom. The van der Waals surface area contributed by atoms with Crippen LogP contribution in [0.3, 0.4) is 0 Å². The number of hydrogen-bond donors (Lipinski definition) is 1. The maximum Gasteiger partial charge on any atom is 0.243 e. The van der Waals surface area contributed by atoms with Crippen LogP contribution in [0.1, 0.15) is 19.8 Å². The predicted octanol–water partition coefficient (Wildman–Crippen LogP) is 4.19. The minimum atomic E-state index is -3.94. The smallest absolute Gasteiger partial charge is 0.243 e. The molecule has 0 saturated heterocycles. The molecule has 0 aliphatic carbocycles. The van der Waals surface area contributed by atoms with Crippen LogP contribution in [-0.2, 0) is 14.8 Å². The molecule has 2 aromatic rings. The largest absolute Gasteiger partial charge is 0.490 e. The average molecular weight is 473 g/mol. The number of anilines is 1. The van der Waals surface area contributed by atoms with E-state index < -0.39 is 15.9 Å². The summed E-state index contributed by atoms with van der Waals surface area (Å²) in [5, 5.41) is 3.32. The first-order chi connectivity index (χ1) is 14.3. The number of ether oxygens (including phenoxy) is 2. The first kappa shape index (κ1) is 22.7. The van der Waals surface area contributed by atoms with E-state index in [2.05, 4.69) is 5.32 Å². The lowest BCUT2D eigenvalue weighted by Crippen LogP contribution is -2.38. The number of carbonyl (C=O) groups excluding carboxylic acids is 1. The molecule has 1 aliphatic rings. The van der Waals surface area contributed by atoms with Crippen LogP contribution in [-0.4, -0.2) is 44.9 Å². The second kappa shape index (κ2) is 9.87. The molecule has 3 rings (SSSR count). The van der Waals surface area contributed by atoms with Gasteiger partial charge in [-0.25, -0.2) is 8.42 Å². The molecule has 0 spiro atoms. The molecular weight excluding hydrogens is 451 g/mol. The van der Waals surface area contributed by atoms with Gasteiger partial charge in [0.15, 0.2) is 11.5 Å². The number of amides is 1. The lowest BCUT2D eigenvalue weighted by atomic mass is 10.3. The molecule has 0 aromatic heterocycles. The summed E-state index contributed by atoms with van der Waals surface area (Å²) in [7, 11) is -3.94. The minimum Gasteiger partial charge on any atom is -0.490 e. The fraction of sp³-hybridized carbons (Fsp3) is 0.350. The summed E-state index contributed by atoms with van der Waals surface area (Å²) in [5.74, 6) is 0.354. The van der Waals surface area contributed by atoms with Gasteiger partial charge in [-0.05, 0) is 36.8 Å². The number of fused-ring (bicyclic) bond motifs is 1. The fourth-order valence-electron chi connectivity index (χ4n) is 2.93. The summed E-state index contributed by atoms with van der Waals surface area (Å²) in [6.45, 7) is 2.59. The van der Waals surface area contributed by atoms with Crippen LogP contribution in [0.4, 0.5) is 5.69 Å². The number of carbonyl (C=O) groups is 1. The summed E-state index contributed by atoms with van der Waals surface area (Å²) in [5.41, 5.74) is 0.318. The zero-order chi connectivity index (χ0) is 21.7. The van der Waals surface area contributed by atoms with Gasteiger partial charge < -0.3 is 14.8 Å². The second-order valence-electron chi connectivity index (χ2n) is 6.67. The Bertz CT molecular complexity index is 1030. The monoisotopic (exact) mass is 472 g/mol. The van der Waals surface area contributed by atoms with E-state index >= 15 is 0 Å². The van der Waals surface area contributed by atoms with E-state index in [4.69, 9.17) is 32.7 Å². The Balaban J connectivity index is 1.81. The molecule has 0 fully saturated rings. The van der Waals surface area contributed by atoms with E-state index in [9.17, 15) is 13.2 Å². The van der Waals surface area contributed by atoms with Gasteiger partial charge in [0.2, 0.25) is 15.9 Å². The Labute approximate surface area is 185 Å². The maximum absolute atomic E-state index is 13.2. The highest BCUT2D eigenvalue weighted by atomic mass is 35.5. The summed E-state index contributed by atoms with van der Waals surface area (Å²) in [6, 6.07) is 9.12. The van der Waals surface area contributed by atoms with Gasteiger partial charge in [0.05, 0.1) is 35.4 Å². The molecule has 0 radical (unpaired) electrons. The summed E-state index contributed by atoms with van der Waals surface area (Å²) < 4.78 is 38.7. The molecule has 1 N–H and O–H groups in total. The van der Waals surface area contributed by atoms with Crippen molar-refractivity contribution in [2.75, 3.05) is 31.6 Å². The van der Waals surface area contributed by atoms with Crippen molar-refractivity contribution in [3.05, 3.63) is 46.4 Å². The van der Waals surface area contributed by atoms with Crippen molar-refractivity contribution in [3.8, 4) is 11.5 Å². The molecule has 0 unspecified atom stereocenters. The number of sulfonamides is 1. The molecule has 0 atom stereocenters. The van der Waals surface area contributed by atoms with Crippen LogP contribution in [0.5, 0.6) is 11.5 Å². The van der Waals surface area contributed by atoms with Gasteiger partial charge in [-0.3, -0.25) is 4.79 Å². The highest BCUT2D eigenvalue weighted by Crippen LogP contribution is 2.33. The third-order valence-electron chi connectivity index (χ3n) is 4.35. The van der Waals surface area contributed by atoms with E-state index in [0.717, 1.165) is 4.31 Å². The van der Waals surface area contributed by atoms with Crippen LogP contribution in [0, 0.1) is 0 Å². The highest BCUT2D eigenvalue weighted by molar-refractivity contribution is 7.89. The van der Waals surface area contributed by atoms with Gasteiger partial charge in [-0.15, -0.1) is 0 Å². The predicted molar refractivity (Wildman–Crippen MR) is 116 cm³/mol. The number of benzene rings is 2. The van der Waals surface area contributed by atoms with Gasteiger partial charge in [0.1, 0.15) is 0 Å². The molecule has 162 valence electrons.